The van der Waals surface area contributed by atoms with E-state index in [1.807, 2.05) is 0 Å². The molecular formula is C12H10N2O7. The molecule has 1 aromatic heterocycles. The second-order valence-corrected chi connectivity index (χ2v) is 3.90. The van der Waals surface area contributed by atoms with E-state index in [0.29, 0.717) is 10.3 Å². The molecular weight excluding hydrogens is 284 g/mol. The topological polar surface area (TPSA) is 124 Å². The van der Waals surface area contributed by atoms with Crippen LogP contribution in [0.3, 0.4) is 0 Å². The minimum Gasteiger partial charge on any atom is -0.492 e. The minimum absolute atomic E-state index is 0.0801. The number of carbonyl (C=O) groups excluding carboxylic acids is 1. The number of aromatic nitrogens is 1. The lowest BCUT2D eigenvalue weighted by Crippen LogP contribution is -2.20. The Morgan fingerprint density at radius 3 is 2.24 bits per heavy atom. The van der Waals surface area contributed by atoms with Crippen LogP contribution < -0.4 is 4.84 Å². The summed E-state index contributed by atoms with van der Waals surface area (Å²) in [5.41, 5.74) is 0.432. The van der Waals surface area contributed by atoms with Gasteiger partial charge in [-0.05, 0) is 17.7 Å². The number of non-ortho nitro benzene ring substituents is 1. The summed E-state index contributed by atoms with van der Waals surface area (Å²) in [6, 6.07) is 7.64. The maximum absolute atomic E-state index is 11.4. The molecule has 0 bridgehead atoms. The van der Waals surface area contributed by atoms with Gasteiger partial charge in [0.1, 0.15) is 6.61 Å². The molecule has 21 heavy (non-hydrogen) atoms. The molecule has 9 heteroatoms. The molecule has 2 rings (SSSR count). The fourth-order valence-electron chi connectivity index (χ4n) is 1.45. The second kappa shape index (κ2) is 5.82. The summed E-state index contributed by atoms with van der Waals surface area (Å²) in [5, 5.41) is 29.0. The van der Waals surface area contributed by atoms with Crippen LogP contribution in [0.25, 0.3) is 0 Å². The molecule has 1 heterocycles. The van der Waals surface area contributed by atoms with Crippen molar-refractivity contribution in [3.63, 3.8) is 0 Å². The molecule has 9 nitrogen and oxygen atoms in total. The van der Waals surface area contributed by atoms with Crippen LogP contribution in [0.15, 0.2) is 36.4 Å². The Morgan fingerprint density at radius 2 is 1.71 bits per heavy atom. The molecule has 0 unspecified atom stereocenters. The van der Waals surface area contributed by atoms with Crippen molar-refractivity contribution in [1.82, 2.24) is 4.73 Å². The van der Waals surface area contributed by atoms with Crippen LogP contribution in [0.2, 0.25) is 0 Å². The van der Waals surface area contributed by atoms with E-state index in [9.17, 15) is 25.1 Å². The molecule has 0 radical (unpaired) electrons. The largest absolute Gasteiger partial charge is 0.534 e. The van der Waals surface area contributed by atoms with E-state index in [-0.39, 0.29) is 12.3 Å². The van der Waals surface area contributed by atoms with Gasteiger partial charge in [-0.25, -0.2) is 4.79 Å². The van der Waals surface area contributed by atoms with E-state index >= 15 is 0 Å². The SMILES string of the molecule is O=C(OCc1ccc([N+](=O)[O-])cc1)On1c(O)ccc1O. The van der Waals surface area contributed by atoms with Crippen molar-refractivity contribution < 1.29 is 29.5 Å². The first-order chi connectivity index (χ1) is 9.97. The summed E-state index contributed by atoms with van der Waals surface area (Å²) in [5.74, 6) is -0.945. The van der Waals surface area contributed by atoms with E-state index in [1.54, 1.807) is 0 Å². The van der Waals surface area contributed by atoms with E-state index in [2.05, 4.69) is 4.84 Å². The highest BCUT2D eigenvalue weighted by molar-refractivity contribution is 5.60. The average Bonchev–Trinajstić information content (AvgIpc) is 2.77. The molecule has 0 aliphatic carbocycles. The number of nitro groups is 1. The van der Waals surface area contributed by atoms with Crippen LogP contribution in [0.4, 0.5) is 10.5 Å². The van der Waals surface area contributed by atoms with Crippen molar-refractivity contribution in [2.24, 2.45) is 0 Å². The van der Waals surface area contributed by atoms with E-state index < -0.39 is 22.8 Å². The van der Waals surface area contributed by atoms with E-state index in [0.717, 1.165) is 12.1 Å². The molecule has 0 amide bonds. The quantitative estimate of drug-likeness (QED) is 0.498. The van der Waals surface area contributed by atoms with Gasteiger partial charge in [0.15, 0.2) is 0 Å². The van der Waals surface area contributed by atoms with Crippen LogP contribution in [0.5, 0.6) is 11.8 Å². The summed E-state index contributed by atoms with van der Waals surface area (Å²) in [6.07, 6.45) is -1.16. The third-order valence-corrected chi connectivity index (χ3v) is 2.47. The summed E-state index contributed by atoms with van der Waals surface area (Å²) < 4.78 is 5.22. The summed E-state index contributed by atoms with van der Waals surface area (Å²) in [4.78, 5) is 25.8. The molecule has 0 saturated carbocycles. The maximum atomic E-state index is 11.4. The van der Waals surface area contributed by atoms with Gasteiger partial charge in [0.05, 0.1) is 4.92 Å². The van der Waals surface area contributed by atoms with Gasteiger partial charge < -0.3 is 14.9 Å². The Morgan fingerprint density at radius 1 is 1.14 bits per heavy atom. The van der Waals surface area contributed by atoms with Crippen molar-refractivity contribution in [2.45, 2.75) is 6.61 Å². The molecule has 0 aliphatic rings. The van der Waals surface area contributed by atoms with Gasteiger partial charge in [-0.2, -0.15) is 0 Å². The fourth-order valence-corrected chi connectivity index (χ4v) is 1.45. The summed E-state index contributed by atoms with van der Waals surface area (Å²) in [7, 11) is 0. The molecule has 0 atom stereocenters. The zero-order valence-corrected chi connectivity index (χ0v) is 10.5. The summed E-state index contributed by atoms with van der Waals surface area (Å²) in [6.45, 7) is -0.181. The highest BCUT2D eigenvalue weighted by Crippen LogP contribution is 2.19. The number of nitrogens with zero attached hydrogens (tertiary/aromatic N) is 2. The number of aromatic hydroxyl groups is 2. The number of hydrogen-bond donors (Lipinski definition) is 2. The number of hydrogen-bond acceptors (Lipinski definition) is 7. The van der Waals surface area contributed by atoms with Gasteiger partial charge >= 0.3 is 6.16 Å². The first-order valence-electron chi connectivity index (χ1n) is 5.65. The van der Waals surface area contributed by atoms with Gasteiger partial charge in [-0.15, -0.1) is 4.73 Å². The average molecular weight is 294 g/mol. The molecule has 2 aromatic rings. The van der Waals surface area contributed by atoms with E-state index in [1.165, 1.54) is 24.3 Å². The van der Waals surface area contributed by atoms with Crippen LogP contribution in [0.1, 0.15) is 5.56 Å². The van der Waals surface area contributed by atoms with Crippen molar-refractivity contribution >= 4 is 11.8 Å². The van der Waals surface area contributed by atoms with Crippen LogP contribution >= 0.6 is 0 Å². The van der Waals surface area contributed by atoms with Crippen molar-refractivity contribution in [2.75, 3.05) is 0 Å². The predicted molar refractivity (Wildman–Crippen MR) is 67.6 cm³/mol. The van der Waals surface area contributed by atoms with Gasteiger partial charge in [0, 0.05) is 24.3 Å². The molecule has 2 N–H and O–H groups in total. The molecule has 1 aromatic carbocycles. The lowest BCUT2D eigenvalue weighted by atomic mass is 10.2. The highest BCUT2D eigenvalue weighted by Gasteiger charge is 2.13. The number of rotatable bonds is 4. The lowest BCUT2D eigenvalue weighted by molar-refractivity contribution is -0.384. The molecule has 0 saturated heterocycles. The lowest BCUT2D eigenvalue weighted by Gasteiger charge is -2.07. The maximum Gasteiger partial charge on any atom is 0.534 e. The Kier molecular flexibility index (Phi) is 3.93. The zero-order chi connectivity index (χ0) is 15.4. The van der Waals surface area contributed by atoms with Gasteiger partial charge in [-0.3, -0.25) is 15.0 Å². The predicted octanol–water partition coefficient (Wildman–Crippen LogP) is 1.57. The Balaban J connectivity index is 1.91. The smallest absolute Gasteiger partial charge is 0.492 e. The fraction of sp³-hybridized carbons (Fsp3) is 0.0833. The normalized spacial score (nSPS) is 10.1. The number of nitro benzene ring substituents is 1. The van der Waals surface area contributed by atoms with Crippen molar-refractivity contribution in [1.29, 1.82) is 0 Å². The first-order valence-corrected chi connectivity index (χ1v) is 5.65. The van der Waals surface area contributed by atoms with Gasteiger partial charge in [0.2, 0.25) is 11.8 Å². The molecule has 0 aliphatic heterocycles. The van der Waals surface area contributed by atoms with Crippen molar-refractivity contribution in [3.8, 4) is 11.8 Å². The van der Waals surface area contributed by atoms with Gasteiger partial charge in [-0.1, -0.05) is 0 Å². The van der Waals surface area contributed by atoms with Gasteiger partial charge in [0.25, 0.3) is 5.69 Å². The monoisotopic (exact) mass is 294 g/mol. The Labute approximate surface area is 117 Å². The van der Waals surface area contributed by atoms with E-state index in [4.69, 9.17) is 4.74 Å². The Hall–Kier alpha value is -3.23. The third-order valence-electron chi connectivity index (χ3n) is 2.47. The number of carbonyl (C=O) groups is 1. The number of benzene rings is 1. The second-order valence-electron chi connectivity index (χ2n) is 3.90. The Bertz CT molecular complexity index is 643. The molecule has 0 fully saturated rings. The molecule has 0 spiro atoms. The highest BCUT2D eigenvalue weighted by atomic mass is 16.8. The van der Waals surface area contributed by atoms with Crippen LogP contribution in [-0.2, 0) is 11.3 Å². The minimum atomic E-state index is -1.16. The van der Waals surface area contributed by atoms with Crippen LogP contribution in [0, 0.1) is 10.1 Å². The number of ether oxygens (including phenoxy) is 1. The standard InChI is InChI=1S/C12H10N2O7/c15-10-5-6-11(16)13(10)21-12(17)20-7-8-1-3-9(4-2-8)14(18)19/h1-6,15-16H,7H2. The summed E-state index contributed by atoms with van der Waals surface area (Å²) >= 11 is 0. The first kappa shape index (κ1) is 14.2. The third kappa shape index (κ3) is 3.41. The van der Waals surface area contributed by atoms with Crippen molar-refractivity contribution in [3.05, 3.63) is 52.1 Å². The van der Waals surface area contributed by atoms with Crippen LogP contribution in [-0.4, -0.2) is 26.0 Å². The molecule has 110 valence electrons. The zero-order valence-electron chi connectivity index (χ0n) is 10.5.